The first-order valence-electron chi connectivity index (χ1n) is 8.59. The predicted molar refractivity (Wildman–Crippen MR) is 91.8 cm³/mol. The van der Waals surface area contributed by atoms with Gasteiger partial charge in [0.25, 0.3) is 0 Å². The molecule has 0 radical (unpaired) electrons. The molecule has 1 heterocycles. The van der Waals surface area contributed by atoms with Crippen LogP contribution in [0.1, 0.15) is 45.6 Å². The minimum atomic E-state index is 0.202. The van der Waals surface area contributed by atoms with Crippen molar-refractivity contribution in [2.45, 2.75) is 45.4 Å². The highest BCUT2D eigenvalue weighted by molar-refractivity contribution is 5.25. The minimum absolute atomic E-state index is 0.202. The van der Waals surface area contributed by atoms with Gasteiger partial charge in [0.1, 0.15) is 0 Å². The topological polar surface area (TPSA) is 15.3 Å². The van der Waals surface area contributed by atoms with Crippen molar-refractivity contribution in [1.29, 1.82) is 0 Å². The van der Waals surface area contributed by atoms with Gasteiger partial charge < -0.3 is 10.2 Å². The summed E-state index contributed by atoms with van der Waals surface area (Å²) in [5, 5.41) is 3.69. The molecule has 1 aromatic carbocycles. The van der Waals surface area contributed by atoms with Gasteiger partial charge in [-0.3, -0.25) is 0 Å². The molecule has 0 bridgehead atoms. The van der Waals surface area contributed by atoms with Gasteiger partial charge in [-0.15, -0.1) is 0 Å². The van der Waals surface area contributed by atoms with Gasteiger partial charge in [0.05, 0.1) is 0 Å². The van der Waals surface area contributed by atoms with E-state index in [0.29, 0.717) is 5.92 Å². The van der Waals surface area contributed by atoms with Crippen LogP contribution in [-0.4, -0.2) is 37.6 Å². The summed E-state index contributed by atoms with van der Waals surface area (Å²) in [5.74, 6) is 0.708. The summed E-state index contributed by atoms with van der Waals surface area (Å²) in [5.41, 5.74) is 1.67. The van der Waals surface area contributed by atoms with Crippen molar-refractivity contribution in [2.75, 3.05) is 32.7 Å². The highest BCUT2D eigenvalue weighted by Crippen LogP contribution is 2.26. The van der Waals surface area contributed by atoms with Crippen LogP contribution >= 0.6 is 0 Å². The van der Waals surface area contributed by atoms with Crippen molar-refractivity contribution >= 4 is 0 Å². The molecule has 0 spiro atoms. The number of nitrogens with one attached hydrogen (secondary N) is 1. The van der Waals surface area contributed by atoms with E-state index in [9.17, 15) is 0 Å². The largest absolute Gasteiger partial charge is 0.316 e. The monoisotopic (exact) mass is 288 g/mol. The van der Waals surface area contributed by atoms with Gasteiger partial charge >= 0.3 is 0 Å². The van der Waals surface area contributed by atoms with Crippen LogP contribution < -0.4 is 5.32 Å². The van der Waals surface area contributed by atoms with Crippen LogP contribution in [0.4, 0.5) is 0 Å². The van der Waals surface area contributed by atoms with Gasteiger partial charge in [-0.05, 0) is 44.0 Å². The Balaban J connectivity index is 2.05. The van der Waals surface area contributed by atoms with Crippen LogP contribution in [0.2, 0.25) is 0 Å². The Morgan fingerprint density at radius 1 is 1.10 bits per heavy atom. The molecule has 0 aliphatic carbocycles. The van der Waals surface area contributed by atoms with E-state index >= 15 is 0 Å². The second kappa shape index (κ2) is 7.95. The third-order valence-corrected chi connectivity index (χ3v) is 4.56. The zero-order chi connectivity index (χ0) is 15.1. The molecule has 1 fully saturated rings. The average molecular weight is 288 g/mol. The molecule has 0 amide bonds. The Morgan fingerprint density at radius 2 is 1.76 bits per heavy atom. The normalized spacial score (nSPS) is 19.6. The first-order chi connectivity index (χ1) is 10.1. The molecule has 2 heteroatoms. The molecular formula is C19H32N2. The molecule has 1 aliphatic rings. The highest BCUT2D eigenvalue weighted by atomic mass is 15.1. The van der Waals surface area contributed by atoms with Gasteiger partial charge in [-0.25, -0.2) is 0 Å². The lowest BCUT2D eigenvalue weighted by Gasteiger charge is -2.38. The molecule has 1 atom stereocenters. The standard InChI is InChI=1S/C19H32N2/c1-17(2)14-20-15-19(3,18-10-6-4-7-11-18)16-21-12-8-5-9-13-21/h4,6-7,10-11,17,20H,5,8-9,12-16H2,1-3H3. The first-order valence-corrected chi connectivity index (χ1v) is 8.59. The Kier molecular flexibility index (Phi) is 6.25. The Labute approximate surface area is 130 Å². The van der Waals surface area contributed by atoms with Gasteiger partial charge in [-0.1, -0.05) is 57.5 Å². The number of hydrogen-bond donors (Lipinski definition) is 1. The fourth-order valence-electron chi connectivity index (χ4n) is 3.34. The smallest absolute Gasteiger partial charge is 0.0177 e. The summed E-state index contributed by atoms with van der Waals surface area (Å²) in [6, 6.07) is 11.0. The Hall–Kier alpha value is -0.860. The van der Waals surface area contributed by atoms with Crippen molar-refractivity contribution < 1.29 is 0 Å². The maximum absolute atomic E-state index is 3.69. The Morgan fingerprint density at radius 3 is 2.38 bits per heavy atom. The van der Waals surface area contributed by atoms with E-state index in [-0.39, 0.29) is 5.41 Å². The lowest BCUT2D eigenvalue weighted by atomic mass is 9.81. The number of hydrogen-bond acceptors (Lipinski definition) is 2. The molecular weight excluding hydrogens is 256 g/mol. The van der Waals surface area contributed by atoms with E-state index in [1.165, 1.54) is 44.5 Å². The summed E-state index contributed by atoms with van der Waals surface area (Å²) < 4.78 is 0. The van der Waals surface area contributed by atoms with Crippen molar-refractivity contribution in [3.8, 4) is 0 Å². The predicted octanol–water partition coefficient (Wildman–Crippen LogP) is 3.68. The lowest BCUT2D eigenvalue weighted by Crippen LogP contribution is -2.47. The van der Waals surface area contributed by atoms with Crippen LogP contribution in [0.3, 0.4) is 0 Å². The maximum Gasteiger partial charge on any atom is 0.0177 e. The van der Waals surface area contributed by atoms with Crippen LogP contribution in [0.5, 0.6) is 0 Å². The van der Waals surface area contributed by atoms with E-state index in [1.54, 1.807) is 0 Å². The fraction of sp³-hybridized carbons (Fsp3) is 0.684. The number of piperidine rings is 1. The van der Waals surface area contributed by atoms with E-state index in [1.807, 2.05) is 0 Å². The summed E-state index contributed by atoms with van der Waals surface area (Å²) in [6.45, 7) is 12.8. The molecule has 21 heavy (non-hydrogen) atoms. The van der Waals surface area contributed by atoms with E-state index in [4.69, 9.17) is 0 Å². The molecule has 118 valence electrons. The van der Waals surface area contributed by atoms with Crippen molar-refractivity contribution in [3.05, 3.63) is 35.9 Å². The van der Waals surface area contributed by atoms with Crippen LogP contribution in [-0.2, 0) is 5.41 Å². The molecule has 1 aromatic rings. The highest BCUT2D eigenvalue weighted by Gasteiger charge is 2.29. The third-order valence-electron chi connectivity index (χ3n) is 4.56. The zero-order valence-corrected chi connectivity index (χ0v) is 14.1. The number of likely N-dealkylation sites (tertiary alicyclic amines) is 1. The number of nitrogens with zero attached hydrogens (tertiary/aromatic N) is 1. The molecule has 0 saturated carbocycles. The van der Waals surface area contributed by atoms with E-state index in [0.717, 1.165) is 13.1 Å². The van der Waals surface area contributed by atoms with Crippen molar-refractivity contribution in [3.63, 3.8) is 0 Å². The molecule has 1 saturated heterocycles. The zero-order valence-electron chi connectivity index (χ0n) is 14.1. The van der Waals surface area contributed by atoms with Gasteiger partial charge in [0.15, 0.2) is 0 Å². The Bertz CT molecular complexity index is 395. The first kappa shape index (κ1) is 16.5. The number of benzene rings is 1. The summed E-state index contributed by atoms with van der Waals surface area (Å²) in [4.78, 5) is 2.66. The maximum atomic E-state index is 3.69. The van der Waals surface area contributed by atoms with E-state index in [2.05, 4.69) is 61.3 Å². The third kappa shape index (κ3) is 5.12. The fourth-order valence-corrected chi connectivity index (χ4v) is 3.34. The lowest BCUT2D eigenvalue weighted by molar-refractivity contribution is 0.180. The van der Waals surface area contributed by atoms with Crippen molar-refractivity contribution in [2.24, 2.45) is 5.92 Å². The molecule has 0 aromatic heterocycles. The van der Waals surface area contributed by atoms with Gasteiger partial charge in [0.2, 0.25) is 0 Å². The van der Waals surface area contributed by atoms with Crippen LogP contribution in [0, 0.1) is 5.92 Å². The van der Waals surface area contributed by atoms with Crippen LogP contribution in [0.15, 0.2) is 30.3 Å². The van der Waals surface area contributed by atoms with Crippen molar-refractivity contribution in [1.82, 2.24) is 10.2 Å². The minimum Gasteiger partial charge on any atom is -0.316 e. The summed E-state index contributed by atoms with van der Waals surface area (Å²) in [7, 11) is 0. The molecule has 1 unspecified atom stereocenters. The van der Waals surface area contributed by atoms with E-state index < -0.39 is 0 Å². The second-order valence-electron chi connectivity index (χ2n) is 7.29. The summed E-state index contributed by atoms with van der Waals surface area (Å²) in [6.07, 6.45) is 4.14. The molecule has 1 N–H and O–H groups in total. The van der Waals surface area contributed by atoms with Gasteiger partial charge in [0, 0.05) is 18.5 Å². The molecule has 2 rings (SSSR count). The molecule has 1 aliphatic heterocycles. The second-order valence-corrected chi connectivity index (χ2v) is 7.29. The number of rotatable bonds is 7. The molecule has 2 nitrogen and oxygen atoms in total. The summed E-state index contributed by atoms with van der Waals surface area (Å²) >= 11 is 0. The SMILES string of the molecule is CC(C)CNCC(C)(CN1CCCCC1)c1ccccc1. The average Bonchev–Trinajstić information content (AvgIpc) is 2.49. The van der Waals surface area contributed by atoms with Gasteiger partial charge in [-0.2, -0.15) is 0 Å². The van der Waals surface area contributed by atoms with Crippen LogP contribution in [0.25, 0.3) is 0 Å². The quantitative estimate of drug-likeness (QED) is 0.823.